The van der Waals surface area contributed by atoms with Gasteiger partial charge in [-0.2, -0.15) is 0 Å². The zero-order valence-corrected chi connectivity index (χ0v) is 11.5. The molecule has 0 radical (unpaired) electrons. The number of nitrogens with zero attached hydrogens (tertiary/aromatic N) is 1. The SMILES string of the molecule is Cc1cc(=O)[nH]c(Sc2cc(Cl)c(N)cc2C)n1. The van der Waals surface area contributed by atoms with Crippen molar-refractivity contribution in [1.82, 2.24) is 9.97 Å². The van der Waals surface area contributed by atoms with Crippen molar-refractivity contribution < 1.29 is 0 Å². The third-order valence-corrected chi connectivity index (χ3v) is 3.72. The molecule has 18 heavy (non-hydrogen) atoms. The highest BCUT2D eigenvalue weighted by atomic mass is 35.5. The first-order valence-electron chi connectivity index (χ1n) is 5.27. The lowest BCUT2D eigenvalue weighted by molar-refractivity contribution is 0.905. The number of hydrogen-bond donors (Lipinski definition) is 2. The second-order valence-electron chi connectivity index (χ2n) is 3.93. The van der Waals surface area contributed by atoms with Crippen LogP contribution in [0.25, 0.3) is 0 Å². The number of nitrogens with two attached hydrogens (primary N) is 1. The summed E-state index contributed by atoms with van der Waals surface area (Å²) in [4.78, 5) is 19.2. The minimum atomic E-state index is -0.163. The lowest BCUT2D eigenvalue weighted by Crippen LogP contribution is -2.08. The van der Waals surface area contributed by atoms with Crippen LogP contribution >= 0.6 is 23.4 Å². The molecule has 6 heteroatoms. The fourth-order valence-electron chi connectivity index (χ4n) is 1.50. The topological polar surface area (TPSA) is 71.8 Å². The van der Waals surface area contributed by atoms with E-state index in [4.69, 9.17) is 17.3 Å². The van der Waals surface area contributed by atoms with E-state index in [0.29, 0.717) is 21.6 Å². The molecule has 0 atom stereocenters. The number of aromatic amines is 1. The van der Waals surface area contributed by atoms with Crippen LogP contribution in [0.15, 0.2) is 33.0 Å². The molecule has 1 aromatic carbocycles. The molecule has 0 fully saturated rings. The highest BCUT2D eigenvalue weighted by molar-refractivity contribution is 7.99. The van der Waals surface area contributed by atoms with Gasteiger partial charge in [-0.25, -0.2) is 4.98 Å². The zero-order valence-electron chi connectivity index (χ0n) is 9.95. The Labute approximate surface area is 114 Å². The van der Waals surface area contributed by atoms with E-state index in [0.717, 1.165) is 10.5 Å². The summed E-state index contributed by atoms with van der Waals surface area (Å²) >= 11 is 7.34. The Balaban J connectivity index is 2.39. The van der Waals surface area contributed by atoms with E-state index in [-0.39, 0.29) is 5.56 Å². The number of rotatable bonds is 2. The molecule has 0 aliphatic carbocycles. The lowest BCUT2D eigenvalue weighted by Gasteiger charge is -2.07. The molecule has 94 valence electrons. The summed E-state index contributed by atoms with van der Waals surface area (Å²) in [5.74, 6) is 0. The van der Waals surface area contributed by atoms with Crippen LogP contribution in [-0.4, -0.2) is 9.97 Å². The average Bonchev–Trinajstić information content (AvgIpc) is 2.24. The smallest absolute Gasteiger partial charge is 0.251 e. The first-order valence-corrected chi connectivity index (χ1v) is 6.46. The van der Waals surface area contributed by atoms with Gasteiger partial charge in [0.05, 0.1) is 10.7 Å². The molecular weight excluding hydrogens is 270 g/mol. The summed E-state index contributed by atoms with van der Waals surface area (Å²) in [6.45, 7) is 3.71. The Morgan fingerprint density at radius 1 is 1.33 bits per heavy atom. The van der Waals surface area contributed by atoms with Crippen molar-refractivity contribution in [2.24, 2.45) is 0 Å². The molecule has 1 heterocycles. The molecule has 0 spiro atoms. The van der Waals surface area contributed by atoms with Crippen molar-refractivity contribution in [3.63, 3.8) is 0 Å². The van der Waals surface area contributed by atoms with Crippen LogP contribution in [0.2, 0.25) is 5.02 Å². The molecule has 2 aromatic rings. The van der Waals surface area contributed by atoms with Gasteiger partial charge >= 0.3 is 0 Å². The average molecular weight is 282 g/mol. The molecule has 4 nitrogen and oxygen atoms in total. The van der Waals surface area contributed by atoms with Gasteiger partial charge in [0.2, 0.25) is 0 Å². The molecule has 3 N–H and O–H groups in total. The largest absolute Gasteiger partial charge is 0.398 e. The second-order valence-corrected chi connectivity index (χ2v) is 5.37. The lowest BCUT2D eigenvalue weighted by atomic mass is 10.2. The predicted molar refractivity (Wildman–Crippen MR) is 74.3 cm³/mol. The summed E-state index contributed by atoms with van der Waals surface area (Å²) in [5.41, 5.74) is 7.77. The zero-order chi connectivity index (χ0) is 13.3. The van der Waals surface area contributed by atoms with E-state index in [1.807, 2.05) is 6.92 Å². The quantitative estimate of drug-likeness (QED) is 0.656. The molecular formula is C12H12ClN3OS. The maximum absolute atomic E-state index is 11.4. The number of nitrogen functional groups attached to an aromatic ring is 1. The number of halogens is 1. The van der Waals surface area contributed by atoms with Gasteiger partial charge in [-0.3, -0.25) is 4.79 Å². The molecule has 0 bridgehead atoms. The summed E-state index contributed by atoms with van der Waals surface area (Å²) in [6, 6.07) is 5.03. The number of aryl methyl sites for hydroxylation is 2. The fraction of sp³-hybridized carbons (Fsp3) is 0.167. The second kappa shape index (κ2) is 5.04. The summed E-state index contributed by atoms with van der Waals surface area (Å²) in [7, 11) is 0. The first-order chi connectivity index (χ1) is 8.45. The number of nitrogens with one attached hydrogen (secondary N) is 1. The third kappa shape index (κ3) is 2.86. The normalized spacial score (nSPS) is 10.6. The monoisotopic (exact) mass is 281 g/mol. The van der Waals surface area contributed by atoms with Crippen molar-refractivity contribution >= 4 is 29.1 Å². The summed E-state index contributed by atoms with van der Waals surface area (Å²) in [6.07, 6.45) is 0. The number of hydrogen-bond acceptors (Lipinski definition) is 4. The summed E-state index contributed by atoms with van der Waals surface area (Å²) < 4.78 is 0. The van der Waals surface area contributed by atoms with Gasteiger partial charge in [0.15, 0.2) is 5.16 Å². The number of aromatic nitrogens is 2. The van der Waals surface area contributed by atoms with Crippen molar-refractivity contribution in [1.29, 1.82) is 0 Å². The Kier molecular flexibility index (Phi) is 3.63. The Morgan fingerprint density at radius 2 is 2.06 bits per heavy atom. The van der Waals surface area contributed by atoms with Crippen LogP contribution in [0.3, 0.4) is 0 Å². The van der Waals surface area contributed by atoms with E-state index < -0.39 is 0 Å². The van der Waals surface area contributed by atoms with Gasteiger partial charge in [0, 0.05) is 16.7 Å². The third-order valence-electron chi connectivity index (χ3n) is 2.35. The number of anilines is 1. The first kappa shape index (κ1) is 13.0. The maximum Gasteiger partial charge on any atom is 0.251 e. The van der Waals surface area contributed by atoms with E-state index >= 15 is 0 Å². The van der Waals surface area contributed by atoms with Crippen LogP contribution in [0, 0.1) is 13.8 Å². The van der Waals surface area contributed by atoms with Gasteiger partial charge in [-0.15, -0.1) is 0 Å². The minimum absolute atomic E-state index is 0.163. The standard InChI is InChI=1S/C12H12ClN3OS/c1-6-3-9(14)8(13)5-10(6)18-12-15-7(2)4-11(17)16-12/h3-5H,14H2,1-2H3,(H,15,16,17). The predicted octanol–water partition coefficient (Wildman–Crippen LogP) is 2.77. The van der Waals surface area contributed by atoms with Gasteiger partial charge < -0.3 is 10.7 Å². The molecule has 0 amide bonds. The van der Waals surface area contributed by atoms with Gasteiger partial charge in [0.25, 0.3) is 5.56 Å². The van der Waals surface area contributed by atoms with Crippen LogP contribution in [0.1, 0.15) is 11.3 Å². The number of H-pyrrole nitrogens is 1. The van der Waals surface area contributed by atoms with Crippen molar-refractivity contribution in [3.05, 3.63) is 44.8 Å². The Morgan fingerprint density at radius 3 is 2.72 bits per heavy atom. The van der Waals surface area contributed by atoms with Crippen molar-refractivity contribution in [2.75, 3.05) is 5.73 Å². The van der Waals surface area contributed by atoms with Crippen LogP contribution < -0.4 is 11.3 Å². The van der Waals surface area contributed by atoms with Crippen LogP contribution in [-0.2, 0) is 0 Å². The van der Waals surface area contributed by atoms with Gasteiger partial charge in [0.1, 0.15) is 0 Å². The molecule has 0 aliphatic heterocycles. The van der Waals surface area contributed by atoms with Gasteiger partial charge in [-0.1, -0.05) is 23.4 Å². The van der Waals surface area contributed by atoms with Crippen molar-refractivity contribution in [3.8, 4) is 0 Å². The Bertz CT molecular complexity index is 654. The van der Waals surface area contributed by atoms with Crippen LogP contribution in [0.5, 0.6) is 0 Å². The molecule has 0 saturated carbocycles. The van der Waals surface area contributed by atoms with E-state index in [1.165, 1.54) is 17.8 Å². The maximum atomic E-state index is 11.4. The van der Waals surface area contributed by atoms with E-state index in [2.05, 4.69) is 9.97 Å². The molecule has 1 aromatic heterocycles. The van der Waals surface area contributed by atoms with Crippen LogP contribution in [0.4, 0.5) is 5.69 Å². The van der Waals surface area contributed by atoms with E-state index in [1.54, 1.807) is 19.1 Å². The van der Waals surface area contributed by atoms with E-state index in [9.17, 15) is 4.79 Å². The summed E-state index contributed by atoms with van der Waals surface area (Å²) in [5, 5.41) is 1.04. The van der Waals surface area contributed by atoms with Crippen molar-refractivity contribution in [2.45, 2.75) is 23.9 Å². The molecule has 0 unspecified atom stereocenters. The molecule has 2 rings (SSSR count). The highest BCUT2D eigenvalue weighted by Gasteiger charge is 2.07. The fourth-order valence-corrected chi connectivity index (χ4v) is 2.67. The number of benzene rings is 1. The van der Waals surface area contributed by atoms with Gasteiger partial charge in [-0.05, 0) is 31.5 Å². The molecule has 0 aliphatic rings. The minimum Gasteiger partial charge on any atom is -0.398 e. The Hall–Kier alpha value is -1.46. The molecule has 0 saturated heterocycles. The highest BCUT2D eigenvalue weighted by Crippen LogP contribution is 2.32.